The van der Waals surface area contributed by atoms with Gasteiger partial charge in [0.2, 0.25) is 0 Å². The molecule has 2 aliphatic rings. The van der Waals surface area contributed by atoms with Gasteiger partial charge in [-0.15, -0.1) is 0 Å². The quantitative estimate of drug-likeness (QED) is 0.530. The van der Waals surface area contributed by atoms with Crippen LogP contribution in [0.3, 0.4) is 0 Å². The Labute approximate surface area is 126 Å². The molecule has 2 amide bonds. The molecule has 0 radical (unpaired) electrons. The highest BCUT2D eigenvalue weighted by molar-refractivity contribution is 6.35. The van der Waals surface area contributed by atoms with Crippen LogP contribution in [-0.4, -0.2) is 35.6 Å². The monoisotopic (exact) mass is 294 g/mol. The van der Waals surface area contributed by atoms with E-state index in [0.717, 1.165) is 32.1 Å². The summed E-state index contributed by atoms with van der Waals surface area (Å²) in [5.41, 5.74) is 0.560. The topological polar surface area (TPSA) is 78.4 Å². The Bertz CT molecular complexity index is 412. The minimum Gasteiger partial charge on any atom is -0.388 e. The van der Waals surface area contributed by atoms with Gasteiger partial charge in [0.15, 0.2) is 0 Å². The number of nitrogens with one attached hydrogen (secondary N) is 2. The van der Waals surface area contributed by atoms with Crippen LogP contribution >= 0.6 is 0 Å². The second-order valence-corrected chi connectivity index (χ2v) is 6.23. The molecular formula is C16H26N2O3. The fraction of sp³-hybridized carbons (Fsp3) is 0.750. The van der Waals surface area contributed by atoms with Gasteiger partial charge in [0.05, 0.1) is 5.60 Å². The lowest BCUT2D eigenvalue weighted by atomic mass is 9.97. The number of allylic oxidation sites excluding steroid dienone is 1. The highest BCUT2D eigenvalue weighted by Gasteiger charge is 2.31. The van der Waals surface area contributed by atoms with E-state index in [1.807, 2.05) is 0 Å². The molecule has 0 aromatic heterocycles. The smallest absolute Gasteiger partial charge is 0.309 e. The van der Waals surface area contributed by atoms with Gasteiger partial charge in [-0.25, -0.2) is 0 Å². The molecule has 1 saturated carbocycles. The first kappa shape index (κ1) is 16.0. The summed E-state index contributed by atoms with van der Waals surface area (Å²) in [7, 11) is 0. The Morgan fingerprint density at radius 3 is 2.48 bits per heavy atom. The lowest BCUT2D eigenvalue weighted by Gasteiger charge is -2.22. The first-order chi connectivity index (χ1) is 10.1. The Morgan fingerprint density at radius 1 is 1.10 bits per heavy atom. The van der Waals surface area contributed by atoms with Crippen molar-refractivity contribution in [3.8, 4) is 0 Å². The maximum absolute atomic E-state index is 11.7. The van der Waals surface area contributed by atoms with Gasteiger partial charge in [-0.3, -0.25) is 9.59 Å². The van der Waals surface area contributed by atoms with Crippen molar-refractivity contribution in [1.82, 2.24) is 10.6 Å². The first-order valence-corrected chi connectivity index (χ1v) is 8.05. The molecule has 2 aliphatic carbocycles. The maximum Gasteiger partial charge on any atom is 0.309 e. The van der Waals surface area contributed by atoms with E-state index in [-0.39, 0.29) is 6.54 Å². The fourth-order valence-electron chi connectivity index (χ4n) is 3.08. The van der Waals surface area contributed by atoms with E-state index in [2.05, 4.69) is 16.7 Å². The van der Waals surface area contributed by atoms with Crippen LogP contribution in [0.4, 0.5) is 0 Å². The molecule has 3 N–H and O–H groups in total. The third-order valence-electron chi connectivity index (χ3n) is 4.44. The summed E-state index contributed by atoms with van der Waals surface area (Å²) in [6.45, 7) is 0.673. The van der Waals surface area contributed by atoms with Gasteiger partial charge < -0.3 is 15.7 Å². The molecule has 0 heterocycles. The van der Waals surface area contributed by atoms with Gasteiger partial charge in [-0.1, -0.05) is 24.5 Å². The van der Waals surface area contributed by atoms with E-state index < -0.39 is 17.4 Å². The minimum atomic E-state index is -0.817. The molecule has 0 aromatic rings. The van der Waals surface area contributed by atoms with Gasteiger partial charge in [-0.2, -0.15) is 0 Å². The van der Waals surface area contributed by atoms with E-state index in [1.165, 1.54) is 18.4 Å². The van der Waals surface area contributed by atoms with Crippen molar-refractivity contribution >= 4 is 11.8 Å². The molecule has 0 atom stereocenters. The number of carbonyl (C=O) groups excluding carboxylic acids is 2. The molecule has 21 heavy (non-hydrogen) atoms. The van der Waals surface area contributed by atoms with Crippen molar-refractivity contribution in [1.29, 1.82) is 0 Å². The third-order valence-corrected chi connectivity index (χ3v) is 4.44. The Hall–Kier alpha value is -1.36. The van der Waals surface area contributed by atoms with Gasteiger partial charge in [0, 0.05) is 13.1 Å². The van der Waals surface area contributed by atoms with Gasteiger partial charge in [0.25, 0.3) is 0 Å². The Kier molecular flexibility index (Phi) is 5.79. The second kappa shape index (κ2) is 7.59. The minimum absolute atomic E-state index is 0.171. The number of aliphatic hydroxyl groups is 1. The molecule has 1 fully saturated rings. The largest absolute Gasteiger partial charge is 0.388 e. The Balaban J connectivity index is 1.63. The van der Waals surface area contributed by atoms with Crippen LogP contribution in [0.15, 0.2) is 11.6 Å². The SMILES string of the molecule is O=C(NCCC1=CCCCC1)C(=O)NCC1(O)CCCC1. The summed E-state index contributed by atoms with van der Waals surface area (Å²) in [4.78, 5) is 23.3. The summed E-state index contributed by atoms with van der Waals surface area (Å²) in [5, 5.41) is 15.3. The standard InChI is InChI=1S/C16H26N2O3/c19-14(17-11-8-13-6-2-1-3-7-13)15(20)18-12-16(21)9-4-5-10-16/h6,21H,1-5,7-12H2,(H,17,19)(H,18,20). The van der Waals surface area contributed by atoms with Gasteiger partial charge in [0.1, 0.15) is 0 Å². The lowest BCUT2D eigenvalue weighted by molar-refractivity contribution is -0.139. The van der Waals surface area contributed by atoms with Gasteiger partial charge in [-0.05, 0) is 44.9 Å². The summed E-state index contributed by atoms with van der Waals surface area (Å²) in [6.07, 6.45) is 11.1. The van der Waals surface area contributed by atoms with Crippen LogP contribution in [0.2, 0.25) is 0 Å². The zero-order chi connectivity index (χ0) is 15.1. The molecule has 0 unspecified atom stereocenters. The zero-order valence-corrected chi connectivity index (χ0v) is 12.6. The van der Waals surface area contributed by atoms with Crippen molar-refractivity contribution in [3.63, 3.8) is 0 Å². The maximum atomic E-state index is 11.7. The highest BCUT2D eigenvalue weighted by atomic mass is 16.3. The van der Waals surface area contributed by atoms with E-state index in [4.69, 9.17) is 0 Å². The number of carbonyl (C=O) groups is 2. The van der Waals surface area contributed by atoms with E-state index in [9.17, 15) is 14.7 Å². The molecule has 0 bridgehead atoms. The average Bonchev–Trinajstić information content (AvgIpc) is 2.93. The molecule has 0 spiro atoms. The van der Waals surface area contributed by atoms with Crippen LogP contribution in [0.25, 0.3) is 0 Å². The van der Waals surface area contributed by atoms with Crippen LogP contribution in [0.1, 0.15) is 57.8 Å². The number of hydrogen-bond donors (Lipinski definition) is 3. The average molecular weight is 294 g/mol. The molecule has 2 rings (SSSR count). The third kappa shape index (κ3) is 5.16. The molecule has 5 heteroatoms. The molecule has 118 valence electrons. The van der Waals surface area contributed by atoms with E-state index >= 15 is 0 Å². The molecule has 0 aliphatic heterocycles. The van der Waals surface area contributed by atoms with Crippen LogP contribution < -0.4 is 10.6 Å². The molecule has 0 aromatic carbocycles. The summed E-state index contributed by atoms with van der Waals surface area (Å²) < 4.78 is 0. The van der Waals surface area contributed by atoms with Crippen LogP contribution in [0, 0.1) is 0 Å². The summed E-state index contributed by atoms with van der Waals surface area (Å²) in [5.74, 6) is -1.25. The Morgan fingerprint density at radius 2 is 1.81 bits per heavy atom. The van der Waals surface area contributed by atoms with Crippen molar-refractivity contribution in [2.45, 2.75) is 63.4 Å². The van der Waals surface area contributed by atoms with Crippen LogP contribution in [-0.2, 0) is 9.59 Å². The van der Waals surface area contributed by atoms with Crippen molar-refractivity contribution in [2.75, 3.05) is 13.1 Å². The van der Waals surface area contributed by atoms with Crippen molar-refractivity contribution in [3.05, 3.63) is 11.6 Å². The number of amides is 2. The molecule has 5 nitrogen and oxygen atoms in total. The first-order valence-electron chi connectivity index (χ1n) is 8.05. The zero-order valence-electron chi connectivity index (χ0n) is 12.6. The summed E-state index contributed by atoms with van der Waals surface area (Å²) >= 11 is 0. The number of rotatable bonds is 5. The highest BCUT2D eigenvalue weighted by Crippen LogP contribution is 2.28. The molecule has 0 saturated heterocycles. The van der Waals surface area contributed by atoms with Crippen LogP contribution in [0.5, 0.6) is 0 Å². The van der Waals surface area contributed by atoms with Gasteiger partial charge >= 0.3 is 11.8 Å². The second-order valence-electron chi connectivity index (χ2n) is 6.23. The normalized spacial score (nSPS) is 20.7. The predicted octanol–water partition coefficient (Wildman–Crippen LogP) is 1.41. The fourth-order valence-corrected chi connectivity index (χ4v) is 3.08. The predicted molar refractivity (Wildman–Crippen MR) is 80.6 cm³/mol. The van der Waals surface area contributed by atoms with Crippen molar-refractivity contribution in [2.24, 2.45) is 0 Å². The molecular weight excluding hydrogens is 268 g/mol. The van der Waals surface area contributed by atoms with E-state index in [0.29, 0.717) is 19.4 Å². The summed E-state index contributed by atoms with van der Waals surface area (Å²) in [6, 6.07) is 0. The number of hydrogen-bond acceptors (Lipinski definition) is 3. The lowest BCUT2D eigenvalue weighted by Crippen LogP contribution is -2.46. The van der Waals surface area contributed by atoms with E-state index in [1.54, 1.807) is 0 Å². The van der Waals surface area contributed by atoms with Crippen molar-refractivity contribution < 1.29 is 14.7 Å².